The first kappa shape index (κ1) is 13.5. The maximum absolute atomic E-state index is 13.7. The van der Waals surface area contributed by atoms with Crippen molar-refractivity contribution < 1.29 is 9.13 Å². The molecule has 0 aliphatic rings. The minimum Gasteiger partial charge on any atom is -0.489 e. The van der Waals surface area contributed by atoms with Crippen molar-refractivity contribution in [2.24, 2.45) is 0 Å². The van der Waals surface area contributed by atoms with Gasteiger partial charge < -0.3 is 4.74 Å². The van der Waals surface area contributed by atoms with Gasteiger partial charge in [-0.15, -0.1) is 10.2 Å². The molecule has 0 aliphatic carbocycles. The Morgan fingerprint density at radius 2 is 2.05 bits per heavy atom. The highest BCUT2D eigenvalue weighted by Gasteiger charge is 2.09. The zero-order valence-electron chi connectivity index (χ0n) is 10.8. The van der Waals surface area contributed by atoms with Crippen LogP contribution in [0.5, 0.6) is 5.75 Å². The van der Waals surface area contributed by atoms with Crippen LogP contribution in [0.1, 0.15) is 5.56 Å². The van der Waals surface area contributed by atoms with Gasteiger partial charge in [-0.3, -0.25) is 0 Å². The summed E-state index contributed by atoms with van der Waals surface area (Å²) in [5.41, 5.74) is 1.07. The molecular weight excluding hydrogens is 295 g/mol. The van der Waals surface area contributed by atoms with Gasteiger partial charge in [-0.05, 0) is 29.5 Å². The molecule has 106 valence electrons. The van der Waals surface area contributed by atoms with Gasteiger partial charge in [0.2, 0.25) is 5.82 Å². The van der Waals surface area contributed by atoms with Crippen LogP contribution in [0.2, 0.25) is 5.02 Å². The lowest BCUT2D eigenvalue weighted by atomic mass is 10.2. The highest BCUT2D eigenvalue weighted by atomic mass is 35.5. The van der Waals surface area contributed by atoms with Gasteiger partial charge in [-0.2, -0.15) is 5.21 Å². The molecule has 0 spiro atoms. The average Bonchev–Trinajstić information content (AvgIpc) is 3.01. The largest absolute Gasteiger partial charge is 0.489 e. The normalized spacial score (nSPS) is 10.6. The number of tetrazole rings is 1. The van der Waals surface area contributed by atoms with E-state index in [1.54, 1.807) is 30.3 Å². The number of hydrogen-bond acceptors (Lipinski definition) is 4. The standard InChI is InChI=1S/C14H10ClFN4O/c15-12-5-2-6-13(16)11(12)8-21-10-4-1-3-9(7-10)14-17-19-20-18-14/h1-7H,8H2,(H,17,18,19,20). The maximum atomic E-state index is 13.7. The molecule has 0 fully saturated rings. The summed E-state index contributed by atoms with van der Waals surface area (Å²) in [5.74, 6) is 0.637. The number of ether oxygens (including phenoxy) is 1. The van der Waals surface area contributed by atoms with Crippen molar-refractivity contribution in [3.8, 4) is 17.1 Å². The van der Waals surface area contributed by atoms with E-state index in [9.17, 15) is 4.39 Å². The third-order valence-electron chi connectivity index (χ3n) is 2.88. The van der Waals surface area contributed by atoms with E-state index < -0.39 is 5.82 Å². The van der Waals surface area contributed by atoms with E-state index in [0.29, 0.717) is 22.2 Å². The first-order valence-corrected chi connectivity index (χ1v) is 6.51. The highest BCUT2D eigenvalue weighted by Crippen LogP contribution is 2.24. The predicted molar refractivity (Wildman–Crippen MR) is 75.4 cm³/mol. The van der Waals surface area contributed by atoms with Gasteiger partial charge >= 0.3 is 0 Å². The van der Waals surface area contributed by atoms with E-state index in [4.69, 9.17) is 16.3 Å². The Labute approximate surface area is 124 Å². The Balaban J connectivity index is 1.78. The number of halogens is 2. The molecule has 7 heteroatoms. The first-order chi connectivity index (χ1) is 10.2. The molecule has 0 aliphatic heterocycles. The van der Waals surface area contributed by atoms with Gasteiger partial charge in [-0.25, -0.2) is 4.39 Å². The van der Waals surface area contributed by atoms with Crippen LogP contribution in [0.15, 0.2) is 42.5 Å². The van der Waals surface area contributed by atoms with Crippen molar-refractivity contribution in [1.82, 2.24) is 20.6 Å². The third-order valence-corrected chi connectivity index (χ3v) is 3.24. The Bertz CT molecular complexity index is 728. The van der Waals surface area contributed by atoms with Crippen molar-refractivity contribution in [1.29, 1.82) is 0 Å². The van der Waals surface area contributed by atoms with Gasteiger partial charge in [0.15, 0.2) is 0 Å². The maximum Gasteiger partial charge on any atom is 0.204 e. The Morgan fingerprint density at radius 1 is 1.19 bits per heavy atom. The Kier molecular flexibility index (Phi) is 3.79. The number of rotatable bonds is 4. The van der Waals surface area contributed by atoms with Gasteiger partial charge in [-0.1, -0.05) is 29.8 Å². The number of benzene rings is 2. The molecule has 0 unspecified atom stereocenters. The number of nitrogens with one attached hydrogen (secondary N) is 1. The van der Waals surface area contributed by atoms with Crippen LogP contribution in [0, 0.1) is 5.82 Å². The molecule has 1 aromatic heterocycles. The SMILES string of the molecule is Fc1cccc(Cl)c1COc1cccc(-c2nn[nH]n2)c1. The monoisotopic (exact) mass is 304 g/mol. The second-order valence-electron chi connectivity index (χ2n) is 4.25. The lowest BCUT2D eigenvalue weighted by molar-refractivity contribution is 0.300. The molecule has 0 amide bonds. The smallest absolute Gasteiger partial charge is 0.204 e. The average molecular weight is 305 g/mol. The lowest BCUT2D eigenvalue weighted by Gasteiger charge is -2.09. The van der Waals surface area contributed by atoms with Crippen LogP contribution in [0.25, 0.3) is 11.4 Å². The van der Waals surface area contributed by atoms with Crippen molar-refractivity contribution in [2.75, 3.05) is 0 Å². The van der Waals surface area contributed by atoms with Gasteiger partial charge in [0.1, 0.15) is 18.2 Å². The minimum absolute atomic E-state index is 0.0429. The van der Waals surface area contributed by atoms with Crippen LogP contribution in [0.4, 0.5) is 4.39 Å². The van der Waals surface area contributed by atoms with Crippen LogP contribution in [-0.4, -0.2) is 20.6 Å². The number of nitrogens with zero attached hydrogens (tertiary/aromatic N) is 3. The number of H-pyrrole nitrogens is 1. The second kappa shape index (κ2) is 5.88. The zero-order chi connectivity index (χ0) is 14.7. The summed E-state index contributed by atoms with van der Waals surface area (Å²) in [6.07, 6.45) is 0. The summed E-state index contributed by atoms with van der Waals surface area (Å²) < 4.78 is 19.2. The fourth-order valence-corrected chi connectivity index (χ4v) is 2.05. The topological polar surface area (TPSA) is 63.7 Å². The summed E-state index contributed by atoms with van der Waals surface area (Å²) in [4.78, 5) is 0. The molecule has 0 bridgehead atoms. The van der Waals surface area contributed by atoms with E-state index >= 15 is 0 Å². The number of aromatic amines is 1. The van der Waals surface area contributed by atoms with E-state index in [1.165, 1.54) is 6.07 Å². The predicted octanol–water partition coefficient (Wildman–Crippen LogP) is 3.24. The fourth-order valence-electron chi connectivity index (χ4n) is 1.83. The summed E-state index contributed by atoms with van der Waals surface area (Å²) in [7, 11) is 0. The molecule has 0 atom stereocenters. The number of hydrogen-bond donors (Lipinski definition) is 1. The van der Waals surface area contributed by atoms with E-state index in [0.717, 1.165) is 5.56 Å². The quantitative estimate of drug-likeness (QED) is 0.803. The minimum atomic E-state index is -0.392. The first-order valence-electron chi connectivity index (χ1n) is 6.13. The molecule has 2 aromatic carbocycles. The fraction of sp³-hybridized carbons (Fsp3) is 0.0714. The van der Waals surface area contributed by atoms with Gasteiger partial charge in [0.05, 0.1) is 5.02 Å². The third kappa shape index (κ3) is 3.00. The summed E-state index contributed by atoms with van der Waals surface area (Å²) >= 11 is 5.96. The van der Waals surface area contributed by atoms with Crippen molar-refractivity contribution in [3.05, 3.63) is 58.9 Å². The summed E-state index contributed by atoms with van der Waals surface area (Å²) in [5, 5.41) is 14.0. The van der Waals surface area contributed by atoms with Crippen molar-refractivity contribution in [2.45, 2.75) is 6.61 Å². The van der Waals surface area contributed by atoms with Crippen molar-refractivity contribution >= 4 is 11.6 Å². The molecule has 3 rings (SSSR count). The molecular formula is C14H10ClFN4O. The van der Waals surface area contributed by atoms with Crippen LogP contribution < -0.4 is 4.74 Å². The molecule has 0 radical (unpaired) electrons. The molecule has 21 heavy (non-hydrogen) atoms. The highest BCUT2D eigenvalue weighted by molar-refractivity contribution is 6.31. The Morgan fingerprint density at radius 3 is 2.81 bits per heavy atom. The molecule has 3 aromatic rings. The van der Waals surface area contributed by atoms with Gasteiger partial charge in [0, 0.05) is 11.1 Å². The van der Waals surface area contributed by atoms with E-state index in [-0.39, 0.29) is 6.61 Å². The molecule has 1 heterocycles. The summed E-state index contributed by atoms with van der Waals surface area (Å²) in [6, 6.07) is 11.7. The van der Waals surface area contributed by atoms with E-state index in [1.807, 2.05) is 6.07 Å². The zero-order valence-corrected chi connectivity index (χ0v) is 11.5. The van der Waals surface area contributed by atoms with E-state index in [2.05, 4.69) is 20.6 Å². The van der Waals surface area contributed by atoms with Crippen LogP contribution in [-0.2, 0) is 6.61 Å². The van der Waals surface area contributed by atoms with Crippen LogP contribution in [0.3, 0.4) is 0 Å². The molecule has 5 nitrogen and oxygen atoms in total. The second-order valence-corrected chi connectivity index (χ2v) is 4.66. The van der Waals surface area contributed by atoms with Crippen LogP contribution >= 0.6 is 11.6 Å². The summed E-state index contributed by atoms with van der Waals surface area (Å²) in [6.45, 7) is 0.0429. The Hall–Kier alpha value is -2.47. The molecule has 0 saturated heterocycles. The molecule has 1 N–H and O–H groups in total. The lowest BCUT2D eigenvalue weighted by Crippen LogP contribution is -1.99. The number of aromatic nitrogens is 4. The van der Waals surface area contributed by atoms with Crippen molar-refractivity contribution in [3.63, 3.8) is 0 Å². The van der Waals surface area contributed by atoms with Gasteiger partial charge in [0.25, 0.3) is 0 Å². The molecule has 0 saturated carbocycles.